The molecule has 3 nitrogen and oxygen atoms in total. The van der Waals surface area contributed by atoms with Gasteiger partial charge in [0.15, 0.2) is 0 Å². The second-order valence-electron chi connectivity index (χ2n) is 5.82. The smallest absolute Gasteiger partial charge is 0.240 e. The Morgan fingerprint density at radius 1 is 1.38 bits per heavy atom. The molecule has 1 N–H and O–H groups in total. The van der Waals surface area contributed by atoms with Crippen LogP contribution in [-0.2, 0) is 4.79 Å². The largest absolute Gasteiger partial charge is 0.328 e. The van der Waals surface area contributed by atoms with Crippen molar-refractivity contribution >= 4 is 5.91 Å². The predicted octanol–water partition coefficient (Wildman–Crippen LogP) is 1.59. The van der Waals surface area contributed by atoms with Gasteiger partial charge in [0.1, 0.15) is 0 Å². The summed E-state index contributed by atoms with van der Waals surface area (Å²) in [5.41, 5.74) is 0. The highest BCUT2D eigenvalue weighted by Crippen LogP contribution is 2.48. The minimum absolute atomic E-state index is 0.0959. The Morgan fingerprint density at radius 2 is 2.25 bits per heavy atom. The molecule has 0 radical (unpaired) electrons. The SMILES string of the molecule is CCC1NCN(CC2CC3CCC2C3)C1=O. The molecule has 4 unspecified atom stereocenters. The maximum absolute atomic E-state index is 12.0. The molecule has 0 aromatic heterocycles. The van der Waals surface area contributed by atoms with Crippen LogP contribution in [0.25, 0.3) is 0 Å². The lowest BCUT2D eigenvalue weighted by Gasteiger charge is -2.26. The Bertz CT molecular complexity index is 292. The maximum atomic E-state index is 12.0. The number of amides is 1. The molecule has 1 saturated heterocycles. The summed E-state index contributed by atoms with van der Waals surface area (Å²) in [5, 5.41) is 3.30. The van der Waals surface area contributed by atoms with Crippen molar-refractivity contribution in [2.24, 2.45) is 17.8 Å². The van der Waals surface area contributed by atoms with E-state index in [-0.39, 0.29) is 6.04 Å². The molecule has 90 valence electrons. The van der Waals surface area contributed by atoms with Crippen LogP contribution in [0.1, 0.15) is 39.0 Å². The van der Waals surface area contributed by atoms with Crippen LogP contribution in [0.4, 0.5) is 0 Å². The van der Waals surface area contributed by atoms with Gasteiger partial charge < -0.3 is 4.90 Å². The number of carbonyl (C=O) groups excluding carboxylic acids is 1. The molecule has 0 aromatic rings. The van der Waals surface area contributed by atoms with E-state index in [0.29, 0.717) is 5.91 Å². The molecule has 1 aliphatic heterocycles. The van der Waals surface area contributed by atoms with Crippen molar-refractivity contribution < 1.29 is 4.79 Å². The summed E-state index contributed by atoms with van der Waals surface area (Å²) in [6, 6.07) is 0.0959. The number of rotatable bonds is 3. The highest BCUT2D eigenvalue weighted by molar-refractivity contribution is 5.83. The molecule has 2 saturated carbocycles. The number of carbonyl (C=O) groups is 1. The summed E-state index contributed by atoms with van der Waals surface area (Å²) in [6.07, 6.45) is 6.61. The summed E-state index contributed by atoms with van der Waals surface area (Å²) in [7, 11) is 0. The lowest BCUT2D eigenvalue weighted by molar-refractivity contribution is -0.129. The number of nitrogens with one attached hydrogen (secondary N) is 1. The lowest BCUT2D eigenvalue weighted by Crippen LogP contribution is -2.35. The molecule has 3 fully saturated rings. The fraction of sp³-hybridized carbons (Fsp3) is 0.923. The van der Waals surface area contributed by atoms with Gasteiger partial charge in [-0.15, -0.1) is 0 Å². The highest BCUT2D eigenvalue weighted by Gasteiger charge is 2.41. The van der Waals surface area contributed by atoms with Gasteiger partial charge in [0.2, 0.25) is 5.91 Å². The third kappa shape index (κ3) is 1.65. The second kappa shape index (κ2) is 4.02. The fourth-order valence-corrected chi connectivity index (χ4v) is 3.96. The van der Waals surface area contributed by atoms with Crippen molar-refractivity contribution in [3.05, 3.63) is 0 Å². The first-order valence-electron chi connectivity index (χ1n) is 6.80. The molecular formula is C13H22N2O. The summed E-state index contributed by atoms with van der Waals surface area (Å²) < 4.78 is 0. The van der Waals surface area contributed by atoms with E-state index in [9.17, 15) is 4.79 Å². The zero-order valence-corrected chi connectivity index (χ0v) is 10.1. The van der Waals surface area contributed by atoms with Gasteiger partial charge in [-0.2, -0.15) is 0 Å². The molecule has 4 atom stereocenters. The van der Waals surface area contributed by atoms with Crippen LogP contribution in [0.3, 0.4) is 0 Å². The Morgan fingerprint density at radius 3 is 2.81 bits per heavy atom. The highest BCUT2D eigenvalue weighted by atomic mass is 16.2. The van der Waals surface area contributed by atoms with Crippen molar-refractivity contribution in [2.75, 3.05) is 13.2 Å². The van der Waals surface area contributed by atoms with Crippen LogP contribution < -0.4 is 5.32 Å². The van der Waals surface area contributed by atoms with E-state index in [4.69, 9.17) is 0 Å². The van der Waals surface area contributed by atoms with E-state index in [1.54, 1.807) is 0 Å². The molecule has 2 aliphatic carbocycles. The fourth-order valence-electron chi connectivity index (χ4n) is 3.96. The van der Waals surface area contributed by atoms with Crippen LogP contribution >= 0.6 is 0 Å². The minimum Gasteiger partial charge on any atom is -0.328 e. The number of nitrogens with zero attached hydrogens (tertiary/aromatic N) is 1. The van der Waals surface area contributed by atoms with E-state index in [2.05, 4.69) is 17.1 Å². The summed E-state index contributed by atoms with van der Waals surface area (Å²) in [5.74, 6) is 3.06. The third-order valence-electron chi connectivity index (χ3n) is 4.89. The van der Waals surface area contributed by atoms with Gasteiger partial charge in [0, 0.05) is 6.54 Å². The minimum atomic E-state index is 0.0959. The quantitative estimate of drug-likeness (QED) is 0.786. The van der Waals surface area contributed by atoms with E-state index >= 15 is 0 Å². The first-order valence-corrected chi connectivity index (χ1v) is 6.80. The normalized spacial score (nSPS) is 42.3. The number of hydrogen-bond donors (Lipinski definition) is 1. The zero-order chi connectivity index (χ0) is 11.1. The van der Waals surface area contributed by atoms with E-state index in [1.807, 2.05) is 0 Å². The Hall–Kier alpha value is -0.570. The molecule has 3 heteroatoms. The number of fused-ring (bicyclic) bond motifs is 2. The molecule has 2 bridgehead atoms. The van der Waals surface area contributed by atoms with Gasteiger partial charge in [-0.05, 0) is 43.4 Å². The molecule has 16 heavy (non-hydrogen) atoms. The molecule has 0 spiro atoms. The average molecular weight is 222 g/mol. The molecule has 1 amide bonds. The van der Waals surface area contributed by atoms with Crippen LogP contribution in [0.2, 0.25) is 0 Å². The average Bonchev–Trinajstić information content (AvgIpc) is 2.96. The lowest BCUT2D eigenvalue weighted by atomic mass is 9.88. The molecular weight excluding hydrogens is 200 g/mol. The first kappa shape index (κ1) is 10.6. The van der Waals surface area contributed by atoms with Gasteiger partial charge in [-0.1, -0.05) is 13.3 Å². The Labute approximate surface area is 97.6 Å². The van der Waals surface area contributed by atoms with Gasteiger partial charge in [-0.3, -0.25) is 10.1 Å². The topological polar surface area (TPSA) is 32.3 Å². The van der Waals surface area contributed by atoms with Crippen LogP contribution in [-0.4, -0.2) is 30.1 Å². The van der Waals surface area contributed by atoms with Crippen molar-refractivity contribution in [1.82, 2.24) is 10.2 Å². The van der Waals surface area contributed by atoms with Crippen molar-refractivity contribution in [3.8, 4) is 0 Å². The first-order chi connectivity index (χ1) is 7.78. The van der Waals surface area contributed by atoms with Crippen LogP contribution in [0.5, 0.6) is 0 Å². The monoisotopic (exact) mass is 222 g/mol. The Kier molecular flexibility index (Phi) is 2.66. The standard InChI is InChI=1S/C13H22N2O/c1-2-12-13(16)15(8-14-12)7-11-6-9-3-4-10(11)5-9/h9-12,14H,2-8H2,1H3. The van der Waals surface area contributed by atoms with Crippen LogP contribution in [0.15, 0.2) is 0 Å². The van der Waals surface area contributed by atoms with E-state index in [0.717, 1.165) is 37.4 Å². The van der Waals surface area contributed by atoms with Crippen molar-refractivity contribution in [2.45, 2.75) is 45.1 Å². The molecule has 1 heterocycles. The van der Waals surface area contributed by atoms with E-state index in [1.165, 1.54) is 25.7 Å². The maximum Gasteiger partial charge on any atom is 0.240 e. The van der Waals surface area contributed by atoms with Crippen molar-refractivity contribution in [1.29, 1.82) is 0 Å². The summed E-state index contributed by atoms with van der Waals surface area (Å²) in [6.45, 7) is 3.88. The van der Waals surface area contributed by atoms with Crippen molar-refractivity contribution in [3.63, 3.8) is 0 Å². The van der Waals surface area contributed by atoms with Gasteiger partial charge in [-0.25, -0.2) is 0 Å². The molecule has 3 aliphatic rings. The van der Waals surface area contributed by atoms with Crippen LogP contribution in [0, 0.1) is 17.8 Å². The molecule has 0 aromatic carbocycles. The zero-order valence-electron chi connectivity index (χ0n) is 10.1. The summed E-state index contributed by atoms with van der Waals surface area (Å²) in [4.78, 5) is 14.0. The summed E-state index contributed by atoms with van der Waals surface area (Å²) >= 11 is 0. The molecule has 3 rings (SSSR count). The van der Waals surface area contributed by atoms with Gasteiger partial charge >= 0.3 is 0 Å². The van der Waals surface area contributed by atoms with Gasteiger partial charge in [0.25, 0.3) is 0 Å². The van der Waals surface area contributed by atoms with Gasteiger partial charge in [0.05, 0.1) is 12.7 Å². The number of hydrogen-bond acceptors (Lipinski definition) is 2. The second-order valence-corrected chi connectivity index (χ2v) is 5.82. The Balaban J connectivity index is 1.58. The third-order valence-corrected chi connectivity index (χ3v) is 4.89. The predicted molar refractivity (Wildman–Crippen MR) is 62.7 cm³/mol. The van der Waals surface area contributed by atoms with E-state index < -0.39 is 0 Å².